The fraction of sp³-hybridized carbons (Fsp3) is 0.682. The highest BCUT2D eigenvalue weighted by molar-refractivity contribution is 14.0. The van der Waals surface area contributed by atoms with Gasteiger partial charge in [0.2, 0.25) is 0 Å². The summed E-state index contributed by atoms with van der Waals surface area (Å²) < 4.78 is 16.2. The number of nitrogens with zero attached hydrogens (tertiary/aromatic N) is 1. The van der Waals surface area contributed by atoms with E-state index in [2.05, 4.69) is 15.6 Å². The first-order valence-electron chi connectivity index (χ1n) is 10.4. The second-order valence-electron chi connectivity index (χ2n) is 7.56. The van der Waals surface area contributed by atoms with Crippen molar-refractivity contribution in [1.82, 2.24) is 10.6 Å². The van der Waals surface area contributed by atoms with Crippen molar-refractivity contribution < 1.29 is 14.2 Å². The van der Waals surface area contributed by atoms with Crippen LogP contribution in [0.15, 0.2) is 29.3 Å². The smallest absolute Gasteiger partial charge is 0.190 e. The normalized spacial score (nSPS) is 15.6. The summed E-state index contributed by atoms with van der Waals surface area (Å²) in [5.41, 5.74) is 1.51. The Morgan fingerprint density at radius 2 is 1.79 bits per heavy atom. The minimum Gasteiger partial charge on any atom is -0.497 e. The van der Waals surface area contributed by atoms with Gasteiger partial charge in [-0.25, -0.2) is 0 Å². The number of ether oxygens (including phenoxy) is 3. The number of nitrogens with one attached hydrogen (secondary N) is 2. The predicted molar refractivity (Wildman–Crippen MR) is 129 cm³/mol. The molecule has 166 valence electrons. The van der Waals surface area contributed by atoms with Crippen LogP contribution < -0.4 is 15.4 Å². The third-order valence-electron chi connectivity index (χ3n) is 5.54. The van der Waals surface area contributed by atoms with Gasteiger partial charge < -0.3 is 24.8 Å². The van der Waals surface area contributed by atoms with Crippen molar-refractivity contribution >= 4 is 29.9 Å². The maximum absolute atomic E-state index is 5.76. The second kappa shape index (κ2) is 14.8. The topological polar surface area (TPSA) is 64.1 Å². The van der Waals surface area contributed by atoms with Crippen LogP contribution in [0, 0.1) is 5.41 Å². The van der Waals surface area contributed by atoms with Crippen LogP contribution in [0.3, 0.4) is 0 Å². The molecule has 2 N–H and O–H groups in total. The van der Waals surface area contributed by atoms with Gasteiger partial charge in [-0.1, -0.05) is 25.0 Å². The third kappa shape index (κ3) is 9.53. The summed E-state index contributed by atoms with van der Waals surface area (Å²) in [6, 6.07) is 7.98. The Morgan fingerprint density at radius 3 is 2.41 bits per heavy atom. The lowest BCUT2D eigenvalue weighted by Gasteiger charge is -2.30. The molecule has 1 saturated carbocycles. The second-order valence-corrected chi connectivity index (χ2v) is 7.56. The molecule has 1 aliphatic rings. The van der Waals surface area contributed by atoms with Crippen molar-refractivity contribution in [3.8, 4) is 5.75 Å². The Balaban J connectivity index is 0.00000420. The number of methoxy groups -OCH3 is 2. The molecule has 0 unspecified atom stereocenters. The molecular formula is C22H38IN3O3. The lowest BCUT2D eigenvalue weighted by molar-refractivity contribution is 0.119. The SMILES string of the molecule is CN=C(NCCCOCc1ccc(OC)cc1)NCC1(CCOC)CCCC1.I. The Kier molecular flexibility index (Phi) is 13.3. The summed E-state index contributed by atoms with van der Waals surface area (Å²) >= 11 is 0. The number of benzene rings is 1. The van der Waals surface area contributed by atoms with E-state index in [1.807, 2.05) is 31.3 Å². The summed E-state index contributed by atoms with van der Waals surface area (Å²) in [5, 5.41) is 6.91. The quantitative estimate of drug-likeness (QED) is 0.189. The molecule has 0 spiro atoms. The molecule has 6 nitrogen and oxygen atoms in total. The van der Waals surface area contributed by atoms with Crippen molar-refractivity contribution in [3.63, 3.8) is 0 Å². The Bertz CT molecular complexity index is 575. The van der Waals surface area contributed by atoms with E-state index < -0.39 is 0 Å². The van der Waals surface area contributed by atoms with E-state index in [1.165, 1.54) is 25.7 Å². The maximum atomic E-state index is 5.76. The maximum Gasteiger partial charge on any atom is 0.190 e. The zero-order chi connectivity index (χ0) is 20.1. The van der Waals surface area contributed by atoms with Crippen LogP contribution in [-0.4, -0.2) is 53.5 Å². The van der Waals surface area contributed by atoms with E-state index in [4.69, 9.17) is 14.2 Å². The predicted octanol–water partition coefficient (Wildman–Crippen LogP) is 3.98. The molecule has 0 atom stereocenters. The van der Waals surface area contributed by atoms with E-state index in [-0.39, 0.29) is 24.0 Å². The van der Waals surface area contributed by atoms with Crippen molar-refractivity contribution in [2.75, 3.05) is 47.6 Å². The van der Waals surface area contributed by atoms with Crippen molar-refractivity contribution in [2.45, 2.75) is 45.1 Å². The summed E-state index contributed by atoms with van der Waals surface area (Å²) in [6.45, 7) is 3.98. The highest BCUT2D eigenvalue weighted by Gasteiger charge is 2.33. The van der Waals surface area contributed by atoms with E-state index in [1.54, 1.807) is 14.2 Å². The molecule has 2 rings (SSSR count). The van der Waals surface area contributed by atoms with Gasteiger partial charge in [0.05, 0.1) is 13.7 Å². The van der Waals surface area contributed by atoms with Gasteiger partial charge in [-0.3, -0.25) is 4.99 Å². The fourth-order valence-electron chi connectivity index (χ4n) is 3.74. The van der Waals surface area contributed by atoms with Gasteiger partial charge in [-0.2, -0.15) is 0 Å². The molecule has 1 aromatic carbocycles. The molecule has 1 aromatic rings. The van der Waals surface area contributed by atoms with E-state index in [9.17, 15) is 0 Å². The lowest BCUT2D eigenvalue weighted by Crippen LogP contribution is -2.43. The molecule has 0 radical (unpaired) electrons. The first kappa shape index (κ1) is 26.0. The highest BCUT2D eigenvalue weighted by Crippen LogP contribution is 2.40. The molecule has 7 heteroatoms. The number of hydrogen-bond donors (Lipinski definition) is 2. The number of guanidine groups is 1. The van der Waals surface area contributed by atoms with E-state index in [0.29, 0.717) is 18.6 Å². The molecule has 1 fully saturated rings. The molecule has 1 aliphatic carbocycles. The average molecular weight is 519 g/mol. The van der Waals surface area contributed by atoms with Gasteiger partial charge in [-0.05, 0) is 48.8 Å². The monoisotopic (exact) mass is 519 g/mol. The summed E-state index contributed by atoms with van der Waals surface area (Å²) in [7, 11) is 5.29. The van der Waals surface area contributed by atoms with Crippen LogP contribution in [0.25, 0.3) is 0 Å². The largest absolute Gasteiger partial charge is 0.497 e. The zero-order valence-electron chi connectivity index (χ0n) is 18.2. The van der Waals surface area contributed by atoms with E-state index >= 15 is 0 Å². The fourth-order valence-corrected chi connectivity index (χ4v) is 3.74. The minimum absolute atomic E-state index is 0. The Labute approximate surface area is 193 Å². The van der Waals surface area contributed by atoms with Gasteiger partial charge in [0.1, 0.15) is 5.75 Å². The Hall–Kier alpha value is -1.06. The first-order chi connectivity index (χ1) is 13.7. The van der Waals surface area contributed by atoms with Crippen molar-refractivity contribution in [1.29, 1.82) is 0 Å². The number of halogens is 1. The molecular weight excluding hydrogens is 481 g/mol. The summed E-state index contributed by atoms with van der Waals surface area (Å²) in [6.07, 6.45) is 7.25. The molecule has 0 aliphatic heterocycles. The van der Waals surface area contributed by atoms with Gasteiger partial charge in [0.15, 0.2) is 5.96 Å². The molecule has 29 heavy (non-hydrogen) atoms. The molecule has 0 saturated heterocycles. The number of aliphatic imine (C=N–C) groups is 1. The van der Waals surface area contributed by atoms with Crippen LogP contribution in [0.5, 0.6) is 5.75 Å². The van der Waals surface area contributed by atoms with Crippen LogP contribution in [0.1, 0.15) is 44.1 Å². The molecule has 0 amide bonds. The third-order valence-corrected chi connectivity index (χ3v) is 5.54. The van der Waals surface area contributed by atoms with Gasteiger partial charge in [0, 0.05) is 40.5 Å². The molecule has 0 aromatic heterocycles. The van der Waals surface area contributed by atoms with Crippen LogP contribution in [0.4, 0.5) is 0 Å². The van der Waals surface area contributed by atoms with Crippen LogP contribution in [0.2, 0.25) is 0 Å². The van der Waals surface area contributed by atoms with Crippen LogP contribution in [-0.2, 0) is 16.1 Å². The van der Waals surface area contributed by atoms with Gasteiger partial charge >= 0.3 is 0 Å². The van der Waals surface area contributed by atoms with Crippen LogP contribution >= 0.6 is 24.0 Å². The Morgan fingerprint density at radius 1 is 1.07 bits per heavy atom. The summed E-state index contributed by atoms with van der Waals surface area (Å²) in [4.78, 5) is 4.35. The van der Waals surface area contributed by atoms with Crippen molar-refractivity contribution in [3.05, 3.63) is 29.8 Å². The average Bonchev–Trinajstić information content (AvgIpc) is 3.20. The van der Waals surface area contributed by atoms with E-state index in [0.717, 1.165) is 49.8 Å². The number of hydrogen-bond acceptors (Lipinski definition) is 4. The minimum atomic E-state index is 0. The molecule has 0 bridgehead atoms. The standard InChI is InChI=1S/C22H37N3O3.HI/c1-23-21(25-18-22(13-16-26-2)11-4-5-12-22)24-14-6-15-28-17-19-7-9-20(27-3)10-8-19;/h7-10H,4-6,11-18H2,1-3H3,(H2,23,24,25);1H. The zero-order valence-corrected chi connectivity index (χ0v) is 20.5. The van der Waals surface area contributed by atoms with Gasteiger partial charge in [-0.15, -0.1) is 24.0 Å². The van der Waals surface area contributed by atoms with Gasteiger partial charge in [0.25, 0.3) is 0 Å². The molecule has 0 heterocycles. The number of rotatable bonds is 12. The highest BCUT2D eigenvalue weighted by atomic mass is 127. The lowest BCUT2D eigenvalue weighted by atomic mass is 9.83. The first-order valence-corrected chi connectivity index (χ1v) is 10.4. The van der Waals surface area contributed by atoms with Crippen molar-refractivity contribution in [2.24, 2.45) is 10.4 Å². The summed E-state index contributed by atoms with van der Waals surface area (Å²) in [5.74, 6) is 1.74.